The summed E-state index contributed by atoms with van der Waals surface area (Å²) in [6, 6.07) is 17.0. The second-order valence-corrected chi connectivity index (χ2v) is 8.50. The van der Waals surface area contributed by atoms with Gasteiger partial charge in [-0.15, -0.1) is 0 Å². The summed E-state index contributed by atoms with van der Waals surface area (Å²) in [4.78, 5) is 29.3. The molecule has 2 aromatic heterocycles. The number of aromatic nitrogens is 3. The van der Waals surface area contributed by atoms with Crippen molar-refractivity contribution in [3.63, 3.8) is 0 Å². The van der Waals surface area contributed by atoms with Crippen LogP contribution in [0.4, 0.5) is 5.69 Å². The highest BCUT2D eigenvalue weighted by atomic mass is 35.5. The van der Waals surface area contributed by atoms with Gasteiger partial charge in [-0.2, -0.15) is 0 Å². The van der Waals surface area contributed by atoms with Gasteiger partial charge in [0.15, 0.2) is 6.61 Å². The van der Waals surface area contributed by atoms with Crippen LogP contribution in [0, 0.1) is 0 Å². The lowest BCUT2D eigenvalue weighted by molar-refractivity contribution is -0.133. The maximum Gasteiger partial charge on any atom is 0.260 e. The molecule has 1 fully saturated rings. The van der Waals surface area contributed by atoms with Gasteiger partial charge in [-0.3, -0.25) is 9.78 Å². The predicted octanol–water partition coefficient (Wildman–Crippen LogP) is 3.98. The van der Waals surface area contributed by atoms with Crippen LogP contribution >= 0.6 is 11.6 Å². The van der Waals surface area contributed by atoms with Gasteiger partial charge in [0.1, 0.15) is 24.4 Å². The van der Waals surface area contributed by atoms with E-state index in [2.05, 4.69) is 19.9 Å². The third kappa shape index (κ3) is 5.44. The molecule has 0 bridgehead atoms. The number of piperazine rings is 1. The summed E-state index contributed by atoms with van der Waals surface area (Å²) in [5.41, 5.74) is 2.62. The van der Waals surface area contributed by atoms with E-state index in [9.17, 15) is 4.79 Å². The third-order valence-electron chi connectivity index (χ3n) is 5.88. The molecule has 3 heterocycles. The number of nitrogens with zero attached hydrogens (tertiary/aromatic N) is 5. The highest BCUT2D eigenvalue weighted by Crippen LogP contribution is 2.30. The molecule has 9 heteroatoms. The molecule has 0 unspecified atom stereocenters. The molecule has 178 valence electrons. The predicted molar refractivity (Wildman–Crippen MR) is 134 cm³/mol. The van der Waals surface area contributed by atoms with Crippen molar-refractivity contribution in [2.24, 2.45) is 0 Å². The smallest absolute Gasteiger partial charge is 0.260 e. The van der Waals surface area contributed by atoms with Crippen LogP contribution in [0.5, 0.6) is 11.5 Å². The number of hydrogen-bond donors (Lipinski definition) is 0. The highest BCUT2D eigenvalue weighted by Gasteiger charge is 2.22. The average Bonchev–Trinajstić information content (AvgIpc) is 2.91. The zero-order chi connectivity index (χ0) is 24.0. The Morgan fingerprint density at radius 2 is 1.83 bits per heavy atom. The van der Waals surface area contributed by atoms with Gasteiger partial charge in [0.25, 0.3) is 5.91 Å². The molecule has 4 aromatic rings. The maximum atomic E-state index is 12.7. The zero-order valence-corrected chi connectivity index (χ0v) is 19.8. The summed E-state index contributed by atoms with van der Waals surface area (Å²) in [5, 5.41) is 1.33. The normalized spacial score (nSPS) is 13.6. The fraction of sp³-hybridized carbons (Fsp3) is 0.231. The van der Waals surface area contributed by atoms with E-state index in [1.54, 1.807) is 12.4 Å². The molecule has 5 rings (SSSR count). The summed E-state index contributed by atoms with van der Waals surface area (Å²) in [7, 11) is 0. The molecular weight excluding hydrogens is 466 g/mol. The van der Waals surface area contributed by atoms with Crippen LogP contribution < -0.4 is 14.4 Å². The number of carbonyl (C=O) groups excluding carboxylic acids is 1. The van der Waals surface area contributed by atoms with Crippen LogP contribution in [0.1, 0.15) is 5.69 Å². The number of amides is 1. The van der Waals surface area contributed by atoms with E-state index in [-0.39, 0.29) is 12.5 Å². The fourth-order valence-electron chi connectivity index (χ4n) is 3.99. The second kappa shape index (κ2) is 10.6. The maximum absolute atomic E-state index is 12.7. The van der Waals surface area contributed by atoms with Crippen molar-refractivity contribution >= 4 is 34.1 Å². The molecule has 0 atom stereocenters. The van der Waals surface area contributed by atoms with Crippen molar-refractivity contribution in [3.05, 3.63) is 84.0 Å². The minimum absolute atomic E-state index is 0.0257. The van der Waals surface area contributed by atoms with Crippen LogP contribution in [0.3, 0.4) is 0 Å². The Bertz CT molecular complexity index is 1310. The van der Waals surface area contributed by atoms with Crippen molar-refractivity contribution < 1.29 is 14.3 Å². The van der Waals surface area contributed by atoms with E-state index in [0.29, 0.717) is 49.3 Å². The van der Waals surface area contributed by atoms with E-state index in [4.69, 9.17) is 21.1 Å². The minimum atomic E-state index is -0.0465. The number of rotatable bonds is 7. The number of anilines is 1. The van der Waals surface area contributed by atoms with Gasteiger partial charge in [-0.05, 0) is 42.5 Å². The van der Waals surface area contributed by atoms with Gasteiger partial charge in [0, 0.05) is 44.3 Å². The molecule has 2 aromatic carbocycles. The van der Waals surface area contributed by atoms with Crippen molar-refractivity contribution in [2.45, 2.75) is 6.61 Å². The Morgan fingerprint density at radius 1 is 0.943 bits per heavy atom. The van der Waals surface area contributed by atoms with Gasteiger partial charge in [-0.25, -0.2) is 9.97 Å². The number of hydrogen-bond acceptors (Lipinski definition) is 7. The molecule has 1 aliphatic heterocycles. The summed E-state index contributed by atoms with van der Waals surface area (Å²) < 4.78 is 11.6. The van der Waals surface area contributed by atoms with Gasteiger partial charge in [0.05, 0.1) is 21.6 Å². The highest BCUT2D eigenvalue weighted by molar-refractivity contribution is 6.32. The largest absolute Gasteiger partial charge is 0.486 e. The lowest BCUT2D eigenvalue weighted by Gasteiger charge is -2.36. The van der Waals surface area contributed by atoms with Crippen LogP contribution in [0.2, 0.25) is 5.02 Å². The zero-order valence-electron chi connectivity index (χ0n) is 19.0. The summed E-state index contributed by atoms with van der Waals surface area (Å²) >= 11 is 6.47. The minimum Gasteiger partial charge on any atom is -0.486 e. The summed E-state index contributed by atoms with van der Waals surface area (Å²) in [5.74, 6) is 1.18. The first-order chi connectivity index (χ1) is 17.2. The van der Waals surface area contributed by atoms with Crippen molar-refractivity contribution in [3.8, 4) is 11.5 Å². The van der Waals surface area contributed by atoms with Gasteiger partial charge >= 0.3 is 0 Å². The number of ether oxygens (including phenoxy) is 2. The van der Waals surface area contributed by atoms with E-state index in [0.717, 1.165) is 22.3 Å². The van der Waals surface area contributed by atoms with Gasteiger partial charge in [-0.1, -0.05) is 23.7 Å². The fourth-order valence-corrected chi connectivity index (χ4v) is 4.22. The van der Waals surface area contributed by atoms with Gasteiger partial charge < -0.3 is 19.3 Å². The lowest BCUT2D eigenvalue weighted by Crippen LogP contribution is -2.50. The Kier molecular flexibility index (Phi) is 6.90. The molecular formula is C26H24ClN5O3. The number of pyridine rings is 1. The summed E-state index contributed by atoms with van der Waals surface area (Å²) in [6.45, 7) is 2.96. The number of fused-ring (bicyclic) bond motifs is 1. The van der Waals surface area contributed by atoms with Crippen LogP contribution in [-0.2, 0) is 11.4 Å². The number of benzene rings is 2. The Balaban J connectivity index is 1.13. The van der Waals surface area contributed by atoms with Crippen molar-refractivity contribution in [2.75, 3.05) is 37.7 Å². The van der Waals surface area contributed by atoms with Crippen LogP contribution in [-0.4, -0.2) is 58.5 Å². The van der Waals surface area contributed by atoms with Crippen LogP contribution in [0.15, 0.2) is 73.3 Å². The van der Waals surface area contributed by atoms with Crippen molar-refractivity contribution in [1.29, 1.82) is 0 Å². The molecule has 0 radical (unpaired) electrons. The Labute approximate surface area is 208 Å². The lowest BCUT2D eigenvalue weighted by atomic mass is 10.2. The quantitative estimate of drug-likeness (QED) is 0.388. The molecule has 1 aliphatic rings. The van der Waals surface area contributed by atoms with E-state index >= 15 is 0 Å². The third-order valence-corrected chi connectivity index (χ3v) is 6.17. The van der Waals surface area contributed by atoms with Gasteiger partial charge in [0.2, 0.25) is 0 Å². The average molecular weight is 490 g/mol. The van der Waals surface area contributed by atoms with E-state index < -0.39 is 0 Å². The molecule has 1 amide bonds. The SMILES string of the molecule is O=C(COc1cccc2ncncc12)N1CCN(c2ccc(OCc3ccccn3)c(Cl)c2)CC1. The molecule has 35 heavy (non-hydrogen) atoms. The first kappa shape index (κ1) is 22.9. The first-order valence-corrected chi connectivity index (χ1v) is 11.7. The number of halogens is 1. The van der Waals surface area contributed by atoms with Crippen molar-refractivity contribution in [1.82, 2.24) is 19.9 Å². The van der Waals surface area contributed by atoms with Crippen LogP contribution in [0.25, 0.3) is 10.9 Å². The monoisotopic (exact) mass is 489 g/mol. The molecule has 0 N–H and O–H groups in total. The van der Waals surface area contributed by atoms with E-state index in [1.807, 2.05) is 59.5 Å². The number of carbonyl (C=O) groups is 1. The Morgan fingerprint density at radius 3 is 2.63 bits per heavy atom. The first-order valence-electron chi connectivity index (χ1n) is 11.3. The standard InChI is InChI=1S/C26H24ClN5O3/c27-22-14-20(7-8-25(22)34-16-19-4-1-2-9-29-19)31-10-12-32(13-11-31)26(33)17-35-24-6-3-5-23-21(24)15-28-18-30-23/h1-9,14-15,18H,10-13,16-17H2. The molecule has 0 spiro atoms. The molecule has 1 saturated heterocycles. The summed E-state index contributed by atoms with van der Waals surface area (Å²) in [6.07, 6.45) is 4.92. The van der Waals surface area contributed by atoms with E-state index in [1.165, 1.54) is 6.33 Å². The second-order valence-electron chi connectivity index (χ2n) is 8.09. The Hall–Kier alpha value is -3.91. The molecule has 0 saturated carbocycles. The molecule has 8 nitrogen and oxygen atoms in total. The molecule has 0 aliphatic carbocycles. The topological polar surface area (TPSA) is 80.7 Å².